The molecule has 0 aromatic heterocycles. The first-order valence-corrected chi connectivity index (χ1v) is 6.30. The molecule has 1 unspecified atom stereocenters. The molecule has 0 aliphatic carbocycles. The molecule has 0 saturated carbocycles. The van der Waals surface area contributed by atoms with E-state index in [2.05, 4.69) is 5.32 Å². The highest BCUT2D eigenvalue weighted by Crippen LogP contribution is 2.25. The first kappa shape index (κ1) is 15.0. The number of carbonyl (C=O) groups is 2. The van der Waals surface area contributed by atoms with Crippen molar-refractivity contribution in [3.63, 3.8) is 0 Å². The van der Waals surface area contributed by atoms with Gasteiger partial charge in [0.1, 0.15) is 5.75 Å². The highest BCUT2D eigenvalue weighted by atomic mass is 16.5. The van der Waals surface area contributed by atoms with Gasteiger partial charge in [-0.15, -0.1) is 0 Å². The Labute approximate surface area is 112 Å². The zero-order valence-electron chi connectivity index (χ0n) is 11.2. The molecule has 0 bridgehead atoms. The summed E-state index contributed by atoms with van der Waals surface area (Å²) in [6, 6.07) is 6.81. The van der Waals surface area contributed by atoms with Crippen molar-refractivity contribution in [2.45, 2.75) is 39.2 Å². The standard InChI is InChI=1S/C14H19NO4/c1-3-4-8-13(14(17)18)19-12-9-6-5-7-11(12)15-10(2)16/h5-7,9,13H,3-4,8H2,1-2H3,(H,15,16)(H,17,18). The van der Waals surface area contributed by atoms with Crippen LogP contribution < -0.4 is 10.1 Å². The van der Waals surface area contributed by atoms with E-state index >= 15 is 0 Å². The number of benzene rings is 1. The van der Waals surface area contributed by atoms with Crippen LogP contribution in [0.3, 0.4) is 0 Å². The Morgan fingerprint density at radius 3 is 2.63 bits per heavy atom. The van der Waals surface area contributed by atoms with Crippen LogP contribution in [0.25, 0.3) is 0 Å². The molecule has 0 heterocycles. The summed E-state index contributed by atoms with van der Waals surface area (Å²) in [5.74, 6) is -0.844. The van der Waals surface area contributed by atoms with Gasteiger partial charge in [-0.3, -0.25) is 4.79 Å². The number of aliphatic carboxylic acids is 1. The van der Waals surface area contributed by atoms with E-state index in [9.17, 15) is 9.59 Å². The number of para-hydroxylation sites is 2. The van der Waals surface area contributed by atoms with Crippen LogP contribution in [0.4, 0.5) is 5.69 Å². The van der Waals surface area contributed by atoms with E-state index in [1.54, 1.807) is 24.3 Å². The van der Waals surface area contributed by atoms with E-state index in [1.807, 2.05) is 6.92 Å². The number of nitrogens with one attached hydrogen (secondary N) is 1. The fraction of sp³-hybridized carbons (Fsp3) is 0.429. The molecule has 0 aliphatic rings. The Morgan fingerprint density at radius 1 is 1.37 bits per heavy atom. The number of unbranched alkanes of at least 4 members (excludes halogenated alkanes) is 1. The lowest BCUT2D eigenvalue weighted by Crippen LogP contribution is -2.27. The van der Waals surface area contributed by atoms with Crippen LogP contribution in [-0.2, 0) is 9.59 Å². The Morgan fingerprint density at radius 2 is 2.05 bits per heavy atom. The Balaban J connectivity index is 2.83. The van der Waals surface area contributed by atoms with E-state index in [-0.39, 0.29) is 5.91 Å². The molecule has 0 spiro atoms. The minimum atomic E-state index is -0.994. The molecule has 2 N–H and O–H groups in total. The Bertz CT molecular complexity index is 445. The Kier molecular flexibility index (Phi) is 5.85. The summed E-state index contributed by atoms with van der Waals surface area (Å²) in [6.45, 7) is 3.38. The first-order chi connectivity index (χ1) is 9.04. The number of carbonyl (C=O) groups excluding carboxylic acids is 1. The van der Waals surface area contributed by atoms with Gasteiger partial charge in [-0.1, -0.05) is 25.5 Å². The van der Waals surface area contributed by atoms with Crippen molar-refractivity contribution in [1.82, 2.24) is 0 Å². The molecule has 1 aromatic rings. The van der Waals surface area contributed by atoms with Crippen LogP contribution >= 0.6 is 0 Å². The van der Waals surface area contributed by atoms with Gasteiger partial charge in [0.05, 0.1) is 5.69 Å². The lowest BCUT2D eigenvalue weighted by molar-refractivity contribution is -0.145. The van der Waals surface area contributed by atoms with Gasteiger partial charge in [0.25, 0.3) is 0 Å². The van der Waals surface area contributed by atoms with Gasteiger partial charge >= 0.3 is 5.97 Å². The van der Waals surface area contributed by atoms with Crippen LogP contribution in [0.1, 0.15) is 33.1 Å². The van der Waals surface area contributed by atoms with Crippen LogP contribution in [-0.4, -0.2) is 23.1 Å². The monoisotopic (exact) mass is 265 g/mol. The van der Waals surface area contributed by atoms with Crippen molar-refractivity contribution in [1.29, 1.82) is 0 Å². The largest absolute Gasteiger partial charge is 0.479 e. The van der Waals surface area contributed by atoms with Gasteiger partial charge in [-0.05, 0) is 25.0 Å². The topological polar surface area (TPSA) is 75.6 Å². The molecule has 1 atom stereocenters. The maximum atomic E-state index is 11.1. The molecule has 0 radical (unpaired) electrons. The van der Waals surface area contributed by atoms with Crippen LogP contribution in [0, 0.1) is 0 Å². The number of anilines is 1. The van der Waals surface area contributed by atoms with Gasteiger partial charge < -0.3 is 15.2 Å². The summed E-state index contributed by atoms with van der Waals surface area (Å²) in [6.07, 6.45) is 1.23. The maximum absolute atomic E-state index is 11.1. The third-order valence-corrected chi connectivity index (χ3v) is 2.56. The molecule has 0 fully saturated rings. The van der Waals surface area contributed by atoms with E-state index < -0.39 is 12.1 Å². The van der Waals surface area contributed by atoms with Crippen LogP contribution in [0.15, 0.2) is 24.3 Å². The SMILES string of the molecule is CCCCC(Oc1ccccc1NC(C)=O)C(=O)O. The second kappa shape index (κ2) is 7.41. The van der Waals surface area contributed by atoms with Crippen LogP contribution in [0.5, 0.6) is 5.75 Å². The zero-order valence-corrected chi connectivity index (χ0v) is 11.2. The van der Waals surface area contributed by atoms with Crippen molar-refractivity contribution < 1.29 is 19.4 Å². The molecule has 0 saturated heterocycles. The van der Waals surface area contributed by atoms with Crippen molar-refractivity contribution >= 4 is 17.6 Å². The van der Waals surface area contributed by atoms with Crippen molar-refractivity contribution in [3.8, 4) is 5.75 Å². The smallest absolute Gasteiger partial charge is 0.344 e. The van der Waals surface area contributed by atoms with E-state index in [0.29, 0.717) is 17.9 Å². The molecule has 1 rings (SSSR count). The molecular weight excluding hydrogens is 246 g/mol. The van der Waals surface area contributed by atoms with Crippen molar-refractivity contribution in [2.24, 2.45) is 0 Å². The summed E-state index contributed by atoms with van der Waals surface area (Å²) in [5, 5.41) is 11.7. The van der Waals surface area contributed by atoms with Gasteiger partial charge in [0.15, 0.2) is 6.10 Å². The second-order valence-corrected chi connectivity index (χ2v) is 4.26. The zero-order chi connectivity index (χ0) is 14.3. The predicted molar refractivity (Wildman–Crippen MR) is 72.3 cm³/mol. The van der Waals surface area contributed by atoms with Crippen LogP contribution in [0.2, 0.25) is 0 Å². The fourth-order valence-electron chi connectivity index (χ4n) is 1.64. The lowest BCUT2D eigenvalue weighted by atomic mass is 10.1. The molecule has 1 aromatic carbocycles. The summed E-state index contributed by atoms with van der Waals surface area (Å²) in [7, 11) is 0. The molecule has 5 heteroatoms. The summed E-state index contributed by atoms with van der Waals surface area (Å²) in [5.41, 5.74) is 0.484. The molecule has 19 heavy (non-hydrogen) atoms. The summed E-state index contributed by atoms with van der Waals surface area (Å²) in [4.78, 5) is 22.2. The number of carboxylic acid groups (broad SMARTS) is 1. The summed E-state index contributed by atoms with van der Waals surface area (Å²) >= 11 is 0. The molecule has 104 valence electrons. The molecule has 0 aliphatic heterocycles. The number of rotatable bonds is 7. The van der Waals surface area contributed by atoms with Gasteiger partial charge in [0.2, 0.25) is 5.91 Å². The van der Waals surface area contributed by atoms with Crippen molar-refractivity contribution in [3.05, 3.63) is 24.3 Å². The summed E-state index contributed by atoms with van der Waals surface area (Å²) < 4.78 is 5.50. The first-order valence-electron chi connectivity index (χ1n) is 6.30. The average molecular weight is 265 g/mol. The molecule has 5 nitrogen and oxygen atoms in total. The minimum absolute atomic E-state index is 0.225. The quantitative estimate of drug-likeness (QED) is 0.794. The average Bonchev–Trinajstić information content (AvgIpc) is 2.35. The third-order valence-electron chi connectivity index (χ3n) is 2.56. The van der Waals surface area contributed by atoms with Gasteiger partial charge in [0, 0.05) is 6.92 Å². The fourth-order valence-corrected chi connectivity index (χ4v) is 1.64. The predicted octanol–water partition coefficient (Wildman–Crippen LogP) is 2.67. The highest BCUT2D eigenvalue weighted by Gasteiger charge is 2.20. The molecular formula is C14H19NO4. The number of amides is 1. The highest BCUT2D eigenvalue weighted by molar-refractivity contribution is 5.90. The maximum Gasteiger partial charge on any atom is 0.344 e. The normalized spacial score (nSPS) is 11.7. The number of ether oxygens (including phenoxy) is 1. The van der Waals surface area contributed by atoms with E-state index in [1.165, 1.54) is 6.92 Å². The van der Waals surface area contributed by atoms with Gasteiger partial charge in [-0.25, -0.2) is 4.79 Å². The number of hydrogen-bond donors (Lipinski definition) is 2. The van der Waals surface area contributed by atoms with E-state index in [4.69, 9.17) is 9.84 Å². The minimum Gasteiger partial charge on any atom is -0.479 e. The Hall–Kier alpha value is -2.04. The molecule has 1 amide bonds. The van der Waals surface area contributed by atoms with Crippen molar-refractivity contribution in [2.75, 3.05) is 5.32 Å². The van der Waals surface area contributed by atoms with E-state index in [0.717, 1.165) is 12.8 Å². The lowest BCUT2D eigenvalue weighted by Gasteiger charge is -2.17. The number of hydrogen-bond acceptors (Lipinski definition) is 3. The third kappa shape index (κ3) is 4.99. The van der Waals surface area contributed by atoms with Gasteiger partial charge in [-0.2, -0.15) is 0 Å². The second-order valence-electron chi connectivity index (χ2n) is 4.26. The number of carboxylic acids is 1.